The van der Waals surface area contributed by atoms with Crippen LogP contribution in [0.1, 0.15) is 41.2 Å². The highest BCUT2D eigenvalue weighted by Crippen LogP contribution is 2.31. The summed E-state index contributed by atoms with van der Waals surface area (Å²) in [7, 11) is 1.63. The summed E-state index contributed by atoms with van der Waals surface area (Å²) in [4.78, 5) is 19.0. The van der Waals surface area contributed by atoms with E-state index < -0.39 is 6.04 Å². The summed E-state index contributed by atoms with van der Waals surface area (Å²) in [5.41, 5.74) is 3.20. The zero-order chi connectivity index (χ0) is 27.2. The van der Waals surface area contributed by atoms with Gasteiger partial charge in [-0.15, -0.1) is 5.10 Å². The number of nitrogens with one attached hydrogen (secondary N) is 1. The summed E-state index contributed by atoms with van der Waals surface area (Å²) < 4.78 is 18.4. The molecule has 0 amide bonds. The number of aromatic nitrogens is 5. The number of pyridine rings is 1. The van der Waals surface area contributed by atoms with Crippen LogP contribution < -0.4 is 10.3 Å². The molecule has 1 atom stereocenters. The molecule has 10 heteroatoms. The van der Waals surface area contributed by atoms with Gasteiger partial charge in [-0.2, -0.15) is 0 Å². The minimum Gasteiger partial charge on any atom is -0.494 e. The van der Waals surface area contributed by atoms with Crippen LogP contribution >= 0.6 is 0 Å². The fourth-order valence-corrected chi connectivity index (χ4v) is 4.78. The molecule has 0 spiro atoms. The number of furan rings is 1. The van der Waals surface area contributed by atoms with Crippen molar-refractivity contribution in [2.45, 2.75) is 39.5 Å². The van der Waals surface area contributed by atoms with Gasteiger partial charge in [-0.3, -0.25) is 9.69 Å². The normalized spacial score (nSPS) is 12.3. The van der Waals surface area contributed by atoms with E-state index in [1.165, 1.54) is 0 Å². The number of ether oxygens (including phenoxy) is 2. The Bertz CT molecular complexity index is 1560. The smallest absolute Gasteiger partial charge is 0.253 e. The molecule has 3 heterocycles. The average Bonchev–Trinajstić information content (AvgIpc) is 3.62. The molecular formula is C29H32N6O4. The molecule has 5 rings (SSSR count). The van der Waals surface area contributed by atoms with Gasteiger partial charge in [0.15, 0.2) is 5.82 Å². The number of fused-ring (bicyclic) bond motifs is 1. The summed E-state index contributed by atoms with van der Waals surface area (Å²) in [6, 6.07) is 19.1. The van der Waals surface area contributed by atoms with Gasteiger partial charge in [-0.1, -0.05) is 30.3 Å². The van der Waals surface area contributed by atoms with Crippen molar-refractivity contribution < 1.29 is 13.9 Å². The second kappa shape index (κ2) is 12.1. The van der Waals surface area contributed by atoms with Crippen molar-refractivity contribution in [3.05, 3.63) is 106 Å². The third kappa shape index (κ3) is 5.92. The molecule has 1 N–H and O–H groups in total. The van der Waals surface area contributed by atoms with E-state index in [-0.39, 0.29) is 5.56 Å². The fraction of sp³-hybridized carbons (Fsp3) is 0.310. The fourth-order valence-electron chi connectivity index (χ4n) is 4.78. The number of para-hydroxylation sites is 1. The Morgan fingerprint density at radius 3 is 2.69 bits per heavy atom. The van der Waals surface area contributed by atoms with Gasteiger partial charge in [0.05, 0.1) is 38.1 Å². The van der Waals surface area contributed by atoms with Crippen LogP contribution in [0.15, 0.2) is 76.1 Å². The van der Waals surface area contributed by atoms with Crippen molar-refractivity contribution in [1.82, 2.24) is 30.1 Å². The summed E-state index contributed by atoms with van der Waals surface area (Å²) in [6.45, 7) is 6.33. The molecule has 39 heavy (non-hydrogen) atoms. The van der Waals surface area contributed by atoms with E-state index in [0.717, 1.165) is 33.5 Å². The highest BCUT2D eigenvalue weighted by molar-refractivity contribution is 5.82. The van der Waals surface area contributed by atoms with Crippen LogP contribution in [0.2, 0.25) is 0 Å². The number of tetrazole rings is 1. The molecule has 0 saturated heterocycles. The Hall–Kier alpha value is -4.28. The summed E-state index contributed by atoms with van der Waals surface area (Å²) in [5.74, 6) is 2.11. The van der Waals surface area contributed by atoms with Crippen LogP contribution in [0.4, 0.5) is 0 Å². The number of aryl methyl sites for hydroxylation is 1. The predicted molar refractivity (Wildman–Crippen MR) is 146 cm³/mol. The third-order valence-electron chi connectivity index (χ3n) is 6.65. The molecule has 0 aliphatic heterocycles. The zero-order valence-electron chi connectivity index (χ0n) is 22.3. The largest absolute Gasteiger partial charge is 0.494 e. The molecule has 0 radical (unpaired) electrons. The Kier molecular flexibility index (Phi) is 8.14. The lowest BCUT2D eigenvalue weighted by Gasteiger charge is -2.30. The van der Waals surface area contributed by atoms with Gasteiger partial charge < -0.3 is 18.9 Å². The molecular weight excluding hydrogens is 496 g/mol. The van der Waals surface area contributed by atoms with E-state index in [9.17, 15) is 4.79 Å². The zero-order valence-corrected chi connectivity index (χ0v) is 22.3. The molecule has 2 aromatic carbocycles. The number of nitrogens with zero attached hydrogens (tertiary/aromatic N) is 5. The molecule has 1 unspecified atom stereocenters. The summed E-state index contributed by atoms with van der Waals surface area (Å²) in [5, 5.41) is 13.5. The first-order chi connectivity index (χ1) is 19.1. The van der Waals surface area contributed by atoms with E-state index in [1.54, 1.807) is 18.1 Å². The van der Waals surface area contributed by atoms with E-state index in [0.29, 0.717) is 44.2 Å². The van der Waals surface area contributed by atoms with Crippen molar-refractivity contribution in [2.75, 3.05) is 20.3 Å². The highest BCUT2D eigenvalue weighted by atomic mass is 16.5. The van der Waals surface area contributed by atoms with Gasteiger partial charge in [0, 0.05) is 19.2 Å². The minimum atomic E-state index is -0.581. The topological polar surface area (TPSA) is 111 Å². The first-order valence-corrected chi connectivity index (χ1v) is 12.9. The van der Waals surface area contributed by atoms with Gasteiger partial charge in [0.25, 0.3) is 5.56 Å². The van der Waals surface area contributed by atoms with Crippen molar-refractivity contribution in [3.8, 4) is 5.75 Å². The van der Waals surface area contributed by atoms with Gasteiger partial charge in [0.1, 0.15) is 17.6 Å². The molecule has 0 bridgehead atoms. The van der Waals surface area contributed by atoms with Crippen LogP contribution in [0.5, 0.6) is 5.75 Å². The second-order valence-electron chi connectivity index (χ2n) is 9.31. The number of methoxy groups -OCH3 is 1. The van der Waals surface area contributed by atoms with Crippen molar-refractivity contribution >= 4 is 10.9 Å². The minimum absolute atomic E-state index is 0.195. The molecule has 0 aliphatic rings. The predicted octanol–water partition coefficient (Wildman–Crippen LogP) is 4.25. The van der Waals surface area contributed by atoms with Crippen LogP contribution in [-0.4, -0.2) is 50.4 Å². The first-order valence-electron chi connectivity index (χ1n) is 12.9. The number of benzene rings is 2. The van der Waals surface area contributed by atoms with Crippen LogP contribution in [-0.2, 0) is 24.4 Å². The molecule has 3 aromatic heterocycles. The maximum Gasteiger partial charge on any atom is 0.253 e. The molecule has 202 valence electrons. The van der Waals surface area contributed by atoms with E-state index in [4.69, 9.17) is 13.9 Å². The number of hydrogen-bond acceptors (Lipinski definition) is 8. The SMILES string of the molecule is CCOc1ccc(CN(Cc2ccco2)C(c2cc3cccc(C)c3[nH]c2=O)c2nnnn2CCOC)cc1. The van der Waals surface area contributed by atoms with Crippen molar-refractivity contribution in [2.24, 2.45) is 0 Å². The van der Waals surface area contributed by atoms with Gasteiger partial charge in [-0.05, 0) is 71.1 Å². The number of hydrogen-bond donors (Lipinski definition) is 1. The molecule has 10 nitrogen and oxygen atoms in total. The number of rotatable bonds is 12. The standard InChI is InChI=1S/C29H32N6O4/c1-4-38-23-12-10-21(11-13-23)18-34(19-24-9-6-15-39-24)27(28-31-32-33-35(28)14-16-37-3)25-17-22-8-5-7-20(2)26(22)30-29(25)36/h5-13,15,17,27H,4,14,16,18-19H2,1-3H3,(H,30,36). The number of H-pyrrole nitrogens is 1. The maximum atomic E-state index is 13.7. The maximum absolute atomic E-state index is 13.7. The van der Waals surface area contributed by atoms with Crippen LogP contribution in [0, 0.1) is 6.92 Å². The Labute approximate surface area is 226 Å². The summed E-state index contributed by atoms with van der Waals surface area (Å²) in [6.07, 6.45) is 1.65. The van der Waals surface area contributed by atoms with Crippen LogP contribution in [0.25, 0.3) is 10.9 Å². The molecule has 0 fully saturated rings. The van der Waals surface area contributed by atoms with E-state index in [1.807, 2.05) is 74.5 Å². The summed E-state index contributed by atoms with van der Waals surface area (Å²) >= 11 is 0. The number of aromatic amines is 1. The second-order valence-corrected chi connectivity index (χ2v) is 9.31. The van der Waals surface area contributed by atoms with E-state index >= 15 is 0 Å². The van der Waals surface area contributed by atoms with Crippen molar-refractivity contribution in [3.63, 3.8) is 0 Å². The third-order valence-corrected chi connectivity index (χ3v) is 6.65. The van der Waals surface area contributed by atoms with Crippen LogP contribution in [0.3, 0.4) is 0 Å². The molecule has 0 aliphatic carbocycles. The molecule has 0 saturated carbocycles. The lowest BCUT2D eigenvalue weighted by Crippen LogP contribution is -2.35. The van der Waals surface area contributed by atoms with E-state index in [2.05, 4.69) is 25.4 Å². The highest BCUT2D eigenvalue weighted by Gasteiger charge is 2.31. The monoisotopic (exact) mass is 528 g/mol. The van der Waals surface area contributed by atoms with Gasteiger partial charge >= 0.3 is 0 Å². The lowest BCUT2D eigenvalue weighted by atomic mass is 10.0. The van der Waals surface area contributed by atoms with Gasteiger partial charge in [-0.25, -0.2) is 4.68 Å². The first kappa shape index (κ1) is 26.3. The Morgan fingerprint density at radius 1 is 1.10 bits per heavy atom. The average molecular weight is 529 g/mol. The van der Waals surface area contributed by atoms with Crippen molar-refractivity contribution in [1.29, 1.82) is 0 Å². The Balaban J connectivity index is 1.65. The Morgan fingerprint density at radius 2 is 1.95 bits per heavy atom. The van der Waals surface area contributed by atoms with Gasteiger partial charge in [0.2, 0.25) is 0 Å². The molecule has 5 aromatic rings. The quantitative estimate of drug-likeness (QED) is 0.256. The lowest BCUT2D eigenvalue weighted by molar-refractivity contribution is 0.163.